The summed E-state index contributed by atoms with van der Waals surface area (Å²) in [5, 5.41) is 0. The van der Waals surface area contributed by atoms with Gasteiger partial charge in [-0.15, -0.1) is 0 Å². The number of unbranched alkanes of at least 4 members (excludes halogenated alkanes) is 1. The molecule has 1 saturated heterocycles. The van der Waals surface area contributed by atoms with Crippen molar-refractivity contribution in [2.75, 3.05) is 13.7 Å². The van der Waals surface area contributed by atoms with Gasteiger partial charge < -0.3 is 14.3 Å². The van der Waals surface area contributed by atoms with Crippen molar-refractivity contribution >= 4 is 12.3 Å². The number of carbonyl (C=O) groups excluding carboxylic acids is 2. The highest BCUT2D eigenvalue weighted by Gasteiger charge is 2.59. The van der Waals surface area contributed by atoms with Crippen molar-refractivity contribution in [3.05, 3.63) is 48.0 Å². The Morgan fingerprint density at radius 1 is 1.32 bits per heavy atom. The van der Waals surface area contributed by atoms with Crippen LogP contribution in [-0.4, -0.2) is 32.1 Å². The Hall–Kier alpha value is -1.94. The number of aldehydes is 1. The predicted octanol–water partition coefficient (Wildman–Crippen LogP) is 3.45. The molecule has 2 bridgehead atoms. The summed E-state index contributed by atoms with van der Waals surface area (Å²) in [6.45, 7) is 0.701. The van der Waals surface area contributed by atoms with Crippen LogP contribution in [0.2, 0.25) is 0 Å². The van der Waals surface area contributed by atoms with Gasteiger partial charge in [0.1, 0.15) is 6.29 Å². The second-order valence-electron chi connectivity index (χ2n) is 7.07. The van der Waals surface area contributed by atoms with Crippen molar-refractivity contribution in [2.45, 2.75) is 43.6 Å². The summed E-state index contributed by atoms with van der Waals surface area (Å²) in [7, 11) is 1.41. The standard InChI is InChI=1S/C21H26O4/c1-24-20(23)12-8-3-2-7-11-18-17(14-22)19-13-21(18,15-25-19)16-9-5-4-6-10-16/h2,4-7,9-10,14,17-19H,3,8,11-13,15H2,1H3/t17-,18+,19+,21+/m0/s1. The Labute approximate surface area is 149 Å². The molecule has 2 fully saturated rings. The summed E-state index contributed by atoms with van der Waals surface area (Å²) in [6, 6.07) is 10.5. The molecule has 0 aromatic heterocycles. The zero-order valence-corrected chi connectivity index (χ0v) is 14.7. The molecule has 1 aromatic carbocycles. The number of ether oxygens (including phenoxy) is 2. The second kappa shape index (κ2) is 7.96. The molecule has 25 heavy (non-hydrogen) atoms. The lowest BCUT2D eigenvalue weighted by molar-refractivity contribution is -0.140. The quantitative estimate of drug-likeness (QED) is 0.314. The van der Waals surface area contributed by atoms with Crippen molar-refractivity contribution in [2.24, 2.45) is 11.8 Å². The third-order valence-corrected chi connectivity index (χ3v) is 5.77. The van der Waals surface area contributed by atoms with Gasteiger partial charge in [-0.25, -0.2) is 0 Å². The first-order valence-corrected chi connectivity index (χ1v) is 9.05. The Bertz CT molecular complexity index is 624. The van der Waals surface area contributed by atoms with E-state index < -0.39 is 0 Å². The average Bonchev–Trinajstić information content (AvgIpc) is 3.22. The van der Waals surface area contributed by atoms with Crippen LogP contribution in [0.4, 0.5) is 0 Å². The van der Waals surface area contributed by atoms with Gasteiger partial charge in [-0.3, -0.25) is 4.79 Å². The third-order valence-electron chi connectivity index (χ3n) is 5.77. The van der Waals surface area contributed by atoms with E-state index in [1.807, 2.05) is 6.07 Å². The van der Waals surface area contributed by atoms with Crippen LogP contribution in [0, 0.1) is 11.8 Å². The summed E-state index contributed by atoms with van der Waals surface area (Å²) in [6.07, 6.45) is 9.33. The predicted molar refractivity (Wildman–Crippen MR) is 95.1 cm³/mol. The number of esters is 1. The van der Waals surface area contributed by atoms with E-state index in [9.17, 15) is 9.59 Å². The Balaban J connectivity index is 1.65. The number of methoxy groups -OCH3 is 1. The number of fused-ring (bicyclic) bond motifs is 2. The zero-order chi connectivity index (χ0) is 17.7. The number of carbonyl (C=O) groups is 2. The highest BCUT2D eigenvalue weighted by atomic mass is 16.5. The molecule has 3 rings (SSSR count). The summed E-state index contributed by atoms with van der Waals surface area (Å²) in [5.41, 5.74) is 1.24. The fourth-order valence-corrected chi connectivity index (χ4v) is 4.44. The summed E-state index contributed by atoms with van der Waals surface area (Å²) >= 11 is 0. The molecule has 0 unspecified atom stereocenters. The smallest absolute Gasteiger partial charge is 0.305 e. The first-order chi connectivity index (χ1) is 12.2. The van der Waals surface area contributed by atoms with Crippen molar-refractivity contribution in [3.63, 3.8) is 0 Å². The van der Waals surface area contributed by atoms with E-state index in [0.717, 1.165) is 32.0 Å². The SMILES string of the molecule is COC(=O)CCCC=CC[C@@H]1[C@H](C=O)[C@H]2C[C@]1(c1ccccc1)CO2. The van der Waals surface area contributed by atoms with Gasteiger partial charge in [0.2, 0.25) is 0 Å². The third kappa shape index (κ3) is 3.54. The Morgan fingerprint density at radius 3 is 2.84 bits per heavy atom. The minimum Gasteiger partial charge on any atom is -0.469 e. The number of allylic oxidation sites excluding steroid dienone is 2. The summed E-state index contributed by atoms with van der Waals surface area (Å²) in [4.78, 5) is 22.8. The molecule has 4 heteroatoms. The molecule has 1 aromatic rings. The van der Waals surface area contributed by atoms with Crippen LogP contribution in [-0.2, 0) is 24.5 Å². The zero-order valence-electron chi connectivity index (χ0n) is 14.7. The lowest BCUT2D eigenvalue weighted by Gasteiger charge is -2.37. The summed E-state index contributed by atoms with van der Waals surface area (Å²) in [5.74, 6) is 0.0828. The topological polar surface area (TPSA) is 52.6 Å². The molecule has 0 N–H and O–H groups in total. The molecule has 1 saturated carbocycles. The van der Waals surface area contributed by atoms with Crippen LogP contribution in [0.25, 0.3) is 0 Å². The second-order valence-corrected chi connectivity index (χ2v) is 7.07. The Kier molecular flexibility index (Phi) is 5.69. The van der Waals surface area contributed by atoms with Gasteiger partial charge in [0, 0.05) is 17.8 Å². The number of hydrogen-bond donors (Lipinski definition) is 0. The van der Waals surface area contributed by atoms with Crippen molar-refractivity contribution in [1.29, 1.82) is 0 Å². The van der Waals surface area contributed by atoms with Gasteiger partial charge in [-0.1, -0.05) is 42.5 Å². The maximum atomic E-state index is 11.7. The van der Waals surface area contributed by atoms with Gasteiger partial charge >= 0.3 is 5.97 Å². The van der Waals surface area contributed by atoms with E-state index >= 15 is 0 Å². The van der Waals surface area contributed by atoms with E-state index in [1.54, 1.807) is 0 Å². The highest BCUT2D eigenvalue weighted by molar-refractivity contribution is 5.69. The van der Waals surface area contributed by atoms with Gasteiger partial charge in [0.25, 0.3) is 0 Å². The molecule has 134 valence electrons. The molecular formula is C21H26O4. The van der Waals surface area contributed by atoms with Crippen LogP contribution in [0.1, 0.15) is 37.7 Å². The maximum absolute atomic E-state index is 11.7. The number of rotatable bonds is 8. The van der Waals surface area contributed by atoms with Crippen molar-refractivity contribution in [3.8, 4) is 0 Å². The van der Waals surface area contributed by atoms with Crippen LogP contribution >= 0.6 is 0 Å². The summed E-state index contributed by atoms with van der Waals surface area (Å²) < 4.78 is 10.6. The van der Waals surface area contributed by atoms with Gasteiger partial charge in [-0.05, 0) is 37.2 Å². The van der Waals surface area contributed by atoms with Gasteiger partial charge in [-0.2, -0.15) is 0 Å². The Morgan fingerprint density at radius 2 is 2.12 bits per heavy atom. The largest absolute Gasteiger partial charge is 0.469 e. The minimum absolute atomic E-state index is 0.0336. The molecule has 4 nitrogen and oxygen atoms in total. The highest BCUT2D eigenvalue weighted by Crippen LogP contribution is 2.55. The van der Waals surface area contributed by atoms with E-state index in [-0.39, 0.29) is 29.3 Å². The van der Waals surface area contributed by atoms with E-state index in [1.165, 1.54) is 12.7 Å². The van der Waals surface area contributed by atoms with Crippen LogP contribution in [0.5, 0.6) is 0 Å². The van der Waals surface area contributed by atoms with E-state index in [2.05, 4.69) is 41.2 Å². The maximum Gasteiger partial charge on any atom is 0.305 e. The monoisotopic (exact) mass is 342 g/mol. The van der Waals surface area contributed by atoms with E-state index in [4.69, 9.17) is 4.74 Å². The number of benzene rings is 1. The fraction of sp³-hybridized carbons (Fsp3) is 0.524. The van der Waals surface area contributed by atoms with Crippen molar-refractivity contribution in [1.82, 2.24) is 0 Å². The fourth-order valence-electron chi connectivity index (χ4n) is 4.44. The molecule has 1 aliphatic heterocycles. The van der Waals surface area contributed by atoms with Gasteiger partial charge in [0.05, 0.1) is 19.8 Å². The first kappa shape index (κ1) is 17.9. The molecule has 1 heterocycles. The van der Waals surface area contributed by atoms with Crippen LogP contribution in [0.15, 0.2) is 42.5 Å². The molecule has 4 atom stereocenters. The van der Waals surface area contributed by atoms with Crippen LogP contribution < -0.4 is 0 Å². The van der Waals surface area contributed by atoms with Crippen LogP contribution in [0.3, 0.4) is 0 Å². The normalized spacial score (nSPS) is 30.7. The molecule has 0 amide bonds. The molecular weight excluding hydrogens is 316 g/mol. The molecule has 0 spiro atoms. The lowest BCUT2D eigenvalue weighted by atomic mass is 9.69. The molecule has 0 radical (unpaired) electrons. The first-order valence-electron chi connectivity index (χ1n) is 9.05. The lowest BCUT2D eigenvalue weighted by Crippen LogP contribution is -2.40. The average molecular weight is 342 g/mol. The molecule has 2 aliphatic rings. The number of hydrogen-bond acceptors (Lipinski definition) is 4. The molecule has 1 aliphatic carbocycles. The van der Waals surface area contributed by atoms with Crippen molar-refractivity contribution < 1.29 is 19.1 Å². The minimum atomic E-state index is -0.164. The van der Waals surface area contributed by atoms with Gasteiger partial charge in [0.15, 0.2) is 0 Å². The van der Waals surface area contributed by atoms with E-state index in [0.29, 0.717) is 13.0 Å².